The van der Waals surface area contributed by atoms with E-state index in [4.69, 9.17) is 4.74 Å². The number of benzene rings is 1. The number of hydrogen-bond donors (Lipinski definition) is 1. The first-order valence-electron chi connectivity index (χ1n) is 7.67. The molecule has 126 valence electrons. The summed E-state index contributed by atoms with van der Waals surface area (Å²) in [6.45, 7) is 5.62. The van der Waals surface area contributed by atoms with E-state index in [9.17, 15) is 14.4 Å². The number of fused-ring (bicyclic) bond motifs is 1. The molecule has 1 fully saturated rings. The smallest absolute Gasteiger partial charge is 0.282 e. The Morgan fingerprint density at radius 2 is 2.00 bits per heavy atom. The maximum absolute atomic E-state index is 12.9. The van der Waals surface area contributed by atoms with Crippen molar-refractivity contribution in [2.45, 2.75) is 45.3 Å². The van der Waals surface area contributed by atoms with E-state index < -0.39 is 23.1 Å². The summed E-state index contributed by atoms with van der Waals surface area (Å²) in [7, 11) is 0. The topological polar surface area (TPSA) is 103 Å². The lowest BCUT2D eigenvalue weighted by molar-refractivity contribution is -0.136. The average Bonchev–Trinajstić information content (AvgIpc) is 2.47. The largest absolute Gasteiger partial charge is 0.487 e. The second-order valence-corrected chi connectivity index (χ2v) is 6.67. The first-order chi connectivity index (χ1) is 11.3. The van der Waals surface area contributed by atoms with E-state index in [2.05, 4.69) is 15.6 Å². The first kappa shape index (κ1) is 16.1. The highest BCUT2D eigenvalue weighted by molar-refractivity contribution is 5.99. The minimum absolute atomic E-state index is 0.155. The molecule has 24 heavy (non-hydrogen) atoms. The molecule has 1 aliphatic heterocycles. The fourth-order valence-corrected chi connectivity index (χ4v) is 2.60. The van der Waals surface area contributed by atoms with Gasteiger partial charge < -0.3 is 4.74 Å². The lowest BCUT2D eigenvalue weighted by atomic mass is 10.1. The molecule has 8 heteroatoms. The summed E-state index contributed by atoms with van der Waals surface area (Å²) >= 11 is 0. The summed E-state index contributed by atoms with van der Waals surface area (Å²) in [6, 6.07) is 4.22. The van der Waals surface area contributed by atoms with Gasteiger partial charge in [0.25, 0.3) is 11.5 Å². The van der Waals surface area contributed by atoms with Crippen LogP contribution in [0.15, 0.2) is 23.0 Å². The summed E-state index contributed by atoms with van der Waals surface area (Å²) in [5.41, 5.74) is -0.566. The Hall–Kier alpha value is -2.77. The monoisotopic (exact) mass is 330 g/mol. The molecule has 2 amide bonds. The summed E-state index contributed by atoms with van der Waals surface area (Å²) in [4.78, 5) is 36.2. The predicted octanol–water partition coefficient (Wildman–Crippen LogP) is 0.946. The molecular formula is C16H18N4O4. The molecule has 0 spiro atoms. The van der Waals surface area contributed by atoms with Gasteiger partial charge in [-0.3, -0.25) is 19.7 Å². The predicted molar refractivity (Wildman–Crippen MR) is 85.6 cm³/mol. The van der Waals surface area contributed by atoms with Gasteiger partial charge >= 0.3 is 0 Å². The van der Waals surface area contributed by atoms with Crippen molar-refractivity contribution < 1.29 is 14.3 Å². The van der Waals surface area contributed by atoms with Crippen LogP contribution in [-0.4, -0.2) is 32.4 Å². The van der Waals surface area contributed by atoms with Gasteiger partial charge in [-0.1, -0.05) is 11.3 Å². The molecule has 1 N–H and O–H groups in total. The number of nitrogens with one attached hydrogen (secondary N) is 1. The molecule has 1 saturated heterocycles. The lowest BCUT2D eigenvalue weighted by Gasteiger charge is -2.23. The molecule has 2 aromatic rings. The van der Waals surface area contributed by atoms with Crippen LogP contribution in [-0.2, 0) is 9.59 Å². The molecule has 1 unspecified atom stereocenters. The summed E-state index contributed by atoms with van der Waals surface area (Å²) in [6.07, 6.45) is 0.371. The number of nitrogens with zero attached hydrogens (tertiary/aromatic N) is 3. The Morgan fingerprint density at radius 3 is 2.67 bits per heavy atom. The van der Waals surface area contributed by atoms with E-state index in [0.717, 1.165) is 4.68 Å². The molecule has 0 radical (unpaired) electrons. The Morgan fingerprint density at radius 1 is 1.25 bits per heavy atom. The van der Waals surface area contributed by atoms with Crippen LogP contribution in [0.5, 0.6) is 5.75 Å². The molecule has 1 aromatic carbocycles. The second kappa shape index (κ2) is 5.70. The SMILES string of the molecule is CC(C)(C)Oc1cccc2nnn(C3CCC(=O)NC3=O)c(=O)c12. The van der Waals surface area contributed by atoms with Crippen molar-refractivity contribution in [3.63, 3.8) is 0 Å². The molecule has 1 atom stereocenters. The van der Waals surface area contributed by atoms with Crippen LogP contribution in [0.25, 0.3) is 10.9 Å². The molecule has 0 aliphatic carbocycles. The highest BCUT2D eigenvalue weighted by atomic mass is 16.5. The van der Waals surface area contributed by atoms with Gasteiger partial charge in [-0.05, 0) is 39.3 Å². The minimum atomic E-state index is -0.852. The molecule has 0 saturated carbocycles. The van der Waals surface area contributed by atoms with Crippen molar-refractivity contribution in [2.24, 2.45) is 0 Å². The summed E-state index contributed by atoms with van der Waals surface area (Å²) in [5.74, 6) is -0.507. The molecule has 1 aliphatic rings. The first-order valence-corrected chi connectivity index (χ1v) is 7.67. The number of imide groups is 1. The zero-order valence-electron chi connectivity index (χ0n) is 13.7. The third-order valence-electron chi connectivity index (χ3n) is 3.60. The van der Waals surface area contributed by atoms with Gasteiger partial charge in [0, 0.05) is 6.42 Å². The van der Waals surface area contributed by atoms with Crippen LogP contribution >= 0.6 is 0 Å². The van der Waals surface area contributed by atoms with Gasteiger partial charge in [0.2, 0.25) is 5.91 Å². The number of rotatable bonds is 2. The van der Waals surface area contributed by atoms with E-state index in [1.807, 2.05) is 20.8 Å². The Labute approximate surface area is 137 Å². The summed E-state index contributed by atoms with van der Waals surface area (Å²) in [5, 5.41) is 10.4. The van der Waals surface area contributed by atoms with Crippen LogP contribution in [0.4, 0.5) is 0 Å². The van der Waals surface area contributed by atoms with Crippen molar-refractivity contribution in [1.29, 1.82) is 0 Å². The number of piperidine rings is 1. The maximum atomic E-state index is 12.9. The fourth-order valence-electron chi connectivity index (χ4n) is 2.60. The minimum Gasteiger partial charge on any atom is -0.487 e. The van der Waals surface area contributed by atoms with Crippen LogP contribution in [0.2, 0.25) is 0 Å². The highest BCUT2D eigenvalue weighted by Crippen LogP contribution is 2.25. The Balaban J connectivity index is 2.13. The highest BCUT2D eigenvalue weighted by Gasteiger charge is 2.31. The number of ether oxygens (including phenoxy) is 1. The van der Waals surface area contributed by atoms with Gasteiger partial charge in [-0.15, -0.1) is 5.10 Å². The quantitative estimate of drug-likeness (QED) is 0.822. The Kier molecular flexibility index (Phi) is 3.82. The van der Waals surface area contributed by atoms with Crippen molar-refractivity contribution in [3.05, 3.63) is 28.6 Å². The van der Waals surface area contributed by atoms with Gasteiger partial charge in [-0.2, -0.15) is 4.68 Å². The number of aromatic nitrogens is 3. The Bertz CT molecular complexity index is 882. The zero-order chi connectivity index (χ0) is 17.5. The number of amides is 2. The van der Waals surface area contributed by atoms with Crippen molar-refractivity contribution in [1.82, 2.24) is 20.3 Å². The van der Waals surface area contributed by atoms with Gasteiger partial charge in [0.15, 0.2) is 0 Å². The van der Waals surface area contributed by atoms with E-state index >= 15 is 0 Å². The van der Waals surface area contributed by atoms with Gasteiger partial charge in [0.1, 0.15) is 28.3 Å². The third kappa shape index (κ3) is 2.99. The van der Waals surface area contributed by atoms with Crippen LogP contribution < -0.4 is 15.6 Å². The fraction of sp³-hybridized carbons (Fsp3) is 0.438. The molecule has 2 heterocycles. The van der Waals surface area contributed by atoms with Gasteiger partial charge in [0.05, 0.1) is 0 Å². The zero-order valence-corrected chi connectivity index (χ0v) is 13.7. The van der Waals surface area contributed by atoms with E-state index in [-0.39, 0.29) is 24.1 Å². The van der Waals surface area contributed by atoms with Crippen molar-refractivity contribution >= 4 is 22.7 Å². The van der Waals surface area contributed by atoms with Crippen LogP contribution in [0.1, 0.15) is 39.7 Å². The van der Waals surface area contributed by atoms with Crippen LogP contribution in [0, 0.1) is 0 Å². The van der Waals surface area contributed by atoms with E-state index in [1.165, 1.54) is 0 Å². The normalized spacial score (nSPS) is 18.5. The summed E-state index contributed by atoms with van der Waals surface area (Å²) < 4.78 is 6.87. The van der Waals surface area contributed by atoms with Crippen molar-refractivity contribution in [3.8, 4) is 5.75 Å². The molecular weight excluding hydrogens is 312 g/mol. The van der Waals surface area contributed by atoms with Crippen LogP contribution in [0.3, 0.4) is 0 Å². The molecule has 3 rings (SSSR count). The lowest BCUT2D eigenvalue weighted by Crippen LogP contribution is -2.45. The molecule has 8 nitrogen and oxygen atoms in total. The standard InChI is InChI=1S/C16H18N4O4/c1-16(2,3)24-11-6-4-5-9-13(11)15(23)20(19-18-9)10-7-8-12(21)17-14(10)22/h4-6,10H,7-8H2,1-3H3,(H,17,21,22). The van der Waals surface area contributed by atoms with E-state index in [0.29, 0.717) is 11.3 Å². The third-order valence-corrected chi connectivity index (χ3v) is 3.60. The second-order valence-electron chi connectivity index (χ2n) is 6.67. The van der Waals surface area contributed by atoms with Gasteiger partial charge in [-0.25, -0.2) is 0 Å². The molecule has 0 bridgehead atoms. The average molecular weight is 330 g/mol. The van der Waals surface area contributed by atoms with E-state index in [1.54, 1.807) is 18.2 Å². The number of hydrogen-bond acceptors (Lipinski definition) is 6. The number of carbonyl (C=O) groups excluding carboxylic acids is 2. The maximum Gasteiger partial charge on any atom is 0.282 e. The van der Waals surface area contributed by atoms with Crippen molar-refractivity contribution in [2.75, 3.05) is 0 Å². The number of carbonyl (C=O) groups is 2. The molecule has 1 aromatic heterocycles.